The van der Waals surface area contributed by atoms with Crippen LogP contribution in [-0.2, 0) is 22.6 Å². The molecule has 4 rings (SSSR count). The van der Waals surface area contributed by atoms with E-state index in [1.165, 1.54) is 6.07 Å². The zero-order valence-electron chi connectivity index (χ0n) is 21.2. The van der Waals surface area contributed by atoms with Gasteiger partial charge in [-0.3, -0.25) is 19.9 Å². The number of hydrogen-bond acceptors (Lipinski definition) is 9. The van der Waals surface area contributed by atoms with Gasteiger partial charge in [0.2, 0.25) is 5.91 Å². The molecule has 0 bridgehead atoms. The third kappa shape index (κ3) is 3.98. The molecule has 1 saturated carbocycles. The number of hydrazine groups is 1. The molecule has 0 unspecified atom stereocenters. The fourth-order valence-electron chi connectivity index (χ4n) is 6.25. The number of aliphatic hydroxyl groups excluding tert-OH is 2. The van der Waals surface area contributed by atoms with E-state index in [0.29, 0.717) is 19.4 Å². The van der Waals surface area contributed by atoms with Gasteiger partial charge in [0.1, 0.15) is 22.9 Å². The Morgan fingerprint density at radius 2 is 1.92 bits per heavy atom. The Bertz CT molecular complexity index is 1160. The van der Waals surface area contributed by atoms with Crippen LogP contribution < -0.4 is 11.2 Å². The lowest BCUT2D eigenvalue weighted by Gasteiger charge is -2.51. The summed E-state index contributed by atoms with van der Waals surface area (Å²) in [6.07, 6.45) is 0.242. The quantitative estimate of drug-likeness (QED) is 0.302. The van der Waals surface area contributed by atoms with Gasteiger partial charge in [0.15, 0.2) is 5.78 Å². The summed E-state index contributed by atoms with van der Waals surface area (Å²) >= 11 is 0. The van der Waals surface area contributed by atoms with Gasteiger partial charge in [0.05, 0.1) is 17.2 Å². The Kier molecular flexibility index (Phi) is 6.91. The Labute approximate surface area is 210 Å². The minimum absolute atomic E-state index is 0.0513. The molecule has 0 heterocycles. The first-order valence-electron chi connectivity index (χ1n) is 12.4. The van der Waals surface area contributed by atoms with Crippen molar-refractivity contribution < 1.29 is 30.0 Å². The van der Waals surface area contributed by atoms with Crippen LogP contribution in [0.5, 0.6) is 5.75 Å². The molecule has 1 aromatic carbocycles. The molecular formula is C26H36N4O6. The van der Waals surface area contributed by atoms with Crippen molar-refractivity contribution in [3.05, 3.63) is 45.7 Å². The molecule has 1 aromatic rings. The molecule has 3 aliphatic rings. The minimum atomic E-state index is -2.03. The summed E-state index contributed by atoms with van der Waals surface area (Å²) in [4.78, 5) is 27.6. The molecule has 10 nitrogen and oxygen atoms in total. The molecule has 1 amide bonds. The molecule has 7 N–H and O–H groups in total. The van der Waals surface area contributed by atoms with Gasteiger partial charge in [0, 0.05) is 37.5 Å². The maximum Gasteiger partial charge on any atom is 0.248 e. The Morgan fingerprint density at radius 3 is 2.50 bits per heavy atom. The number of amides is 1. The largest absolute Gasteiger partial charge is 0.510 e. The number of aromatic hydroxyl groups is 1. The number of phenols is 1. The lowest BCUT2D eigenvalue weighted by molar-refractivity contribution is -0.151. The van der Waals surface area contributed by atoms with E-state index in [-0.39, 0.29) is 34.0 Å². The summed E-state index contributed by atoms with van der Waals surface area (Å²) in [5.74, 6) is -3.48. The second-order valence-corrected chi connectivity index (χ2v) is 10.2. The minimum Gasteiger partial charge on any atom is -0.510 e. The van der Waals surface area contributed by atoms with Crippen molar-refractivity contribution in [1.82, 2.24) is 15.3 Å². The lowest BCUT2D eigenvalue weighted by Crippen LogP contribution is -2.62. The molecule has 0 saturated heterocycles. The van der Waals surface area contributed by atoms with E-state index in [2.05, 4.69) is 5.43 Å². The van der Waals surface area contributed by atoms with Gasteiger partial charge in [-0.05, 0) is 50.0 Å². The average Bonchev–Trinajstić information content (AvgIpc) is 2.81. The van der Waals surface area contributed by atoms with Crippen molar-refractivity contribution in [3.8, 4) is 5.75 Å². The number of primary amides is 1. The number of hydrogen-bond donors (Lipinski definition) is 6. The third-order valence-corrected chi connectivity index (χ3v) is 7.92. The molecule has 3 aliphatic carbocycles. The van der Waals surface area contributed by atoms with E-state index in [1.54, 1.807) is 19.0 Å². The highest BCUT2D eigenvalue weighted by Crippen LogP contribution is 2.53. The smallest absolute Gasteiger partial charge is 0.248 e. The fourth-order valence-corrected chi connectivity index (χ4v) is 6.25. The number of nitrogens with zero attached hydrogens (tertiary/aromatic N) is 2. The average molecular weight is 501 g/mol. The monoisotopic (exact) mass is 500 g/mol. The number of carbonyl (C=O) groups excluding carboxylic acids is 2. The first-order valence-corrected chi connectivity index (χ1v) is 12.4. The molecule has 196 valence electrons. The predicted octanol–water partition coefficient (Wildman–Crippen LogP) is 1.13. The molecule has 0 aliphatic heterocycles. The topological polar surface area (TPSA) is 160 Å². The van der Waals surface area contributed by atoms with Gasteiger partial charge in [-0.15, -0.1) is 0 Å². The van der Waals surface area contributed by atoms with E-state index in [9.17, 15) is 30.0 Å². The Hall–Kier alpha value is -2.92. The van der Waals surface area contributed by atoms with Crippen LogP contribution in [0.2, 0.25) is 0 Å². The maximum atomic E-state index is 13.8. The number of carbonyl (C=O) groups is 2. The second-order valence-electron chi connectivity index (χ2n) is 10.2. The number of phenolic OH excluding ortho intramolecular Hbond substituents is 1. The van der Waals surface area contributed by atoms with E-state index in [0.717, 1.165) is 24.2 Å². The molecule has 4 atom stereocenters. The van der Waals surface area contributed by atoms with Gasteiger partial charge in [0.25, 0.3) is 0 Å². The fraction of sp³-hybridized carbons (Fsp3) is 0.538. The Morgan fingerprint density at radius 1 is 1.22 bits per heavy atom. The number of Topliss-reactive ketones (excluding diaryl/α,β-unsaturated/α-hetero) is 1. The number of fused-ring (bicyclic) bond motifs is 3. The van der Waals surface area contributed by atoms with Crippen molar-refractivity contribution >= 4 is 17.4 Å². The van der Waals surface area contributed by atoms with Crippen LogP contribution in [0.4, 0.5) is 0 Å². The molecule has 1 fully saturated rings. The van der Waals surface area contributed by atoms with Crippen molar-refractivity contribution in [3.63, 3.8) is 0 Å². The number of nitrogens with two attached hydrogens (primary N) is 1. The number of aliphatic hydroxyl groups is 3. The van der Waals surface area contributed by atoms with Crippen molar-refractivity contribution in [2.75, 3.05) is 27.2 Å². The third-order valence-electron chi connectivity index (χ3n) is 7.92. The highest BCUT2D eigenvalue weighted by Gasteiger charge is 2.60. The summed E-state index contributed by atoms with van der Waals surface area (Å²) in [6, 6.07) is 2.53. The van der Waals surface area contributed by atoms with Crippen LogP contribution in [0.3, 0.4) is 0 Å². The van der Waals surface area contributed by atoms with Crippen molar-refractivity contribution in [2.24, 2.45) is 17.6 Å². The van der Waals surface area contributed by atoms with Crippen LogP contribution >= 0.6 is 0 Å². The second kappa shape index (κ2) is 9.51. The molecule has 10 heteroatoms. The summed E-state index contributed by atoms with van der Waals surface area (Å²) in [5.41, 5.74) is 8.47. The van der Waals surface area contributed by atoms with Gasteiger partial charge in [-0.1, -0.05) is 19.9 Å². The van der Waals surface area contributed by atoms with Gasteiger partial charge < -0.3 is 26.2 Å². The zero-order valence-corrected chi connectivity index (χ0v) is 21.2. The van der Waals surface area contributed by atoms with Crippen LogP contribution in [0.25, 0.3) is 5.76 Å². The van der Waals surface area contributed by atoms with Crippen molar-refractivity contribution in [1.29, 1.82) is 0 Å². The predicted molar refractivity (Wildman–Crippen MR) is 134 cm³/mol. The number of rotatable bonds is 7. The SMILES string of the molecule is CCNN(CC)Cc1ccc(O)c2c1C[C@H]1C[C@H]3[C@H](N(C)C)C(O)=C(C(N)=O)C[C@@]3(O)C(=O)C1=C2O. The van der Waals surface area contributed by atoms with Gasteiger partial charge in [-0.2, -0.15) is 0 Å². The number of nitrogens with one attached hydrogen (secondary N) is 1. The summed E-state index contributed by atoms with van der Waals surface area (Å²) in [7, 11) is 3.40. The summed E-state index contributed by atoms with van der Waals surface area (Å²) in [6.45, 7) is 6.05. The van der Waals surface area contributed by atoms with E-state index < -0.39 is 41.6 Å². The van der Waals surface area contributed by atoms with E-state index >= 15 is 0 Å². The summed E-state index contributed by atoms with van der Waals surface area (Å²) < 4.78 is 0. The van der Waals surface area contributed by atoms with Crippen LogP contribution in [0.1, 0.15) is 43.4 Å². The van der Waals surface area contributed by atoms with Crippen LogP contribution in [0, 0.1) is 11.8 Å². The summed E-state index contributed by atoms with van der Waals surface area (Å²) in [5, 5.41) is 46.6. The lowest BCUT2D eigenvalue weighted by atomic mass is 9.57. The first kappa shape index (κ1) is 26.2. The molecule has 0 radical (unpaired) electrons. The number of ketones is 1. The highest BCUT2D eigenvalue weighted by atomic mass is 16.3. The highest BCUT2D eigenvalue weighted by molar-refractivity contribution is 6.10. The molecular weight excluding hydrogens is 464 g/mol. The van der Waals surface area contributed by atoms with Crippen LogP contribution in [-0.4, -0.2) is 80.9 Å². The van der Waals surface area contributed by atoms with Gasteiger partial charge >= 0.3 is 0 Å². The normalized spacial score (nSPS) is 27.9. The first-order chi connectivity index (χ1) is 17.0. The Balaban J connectivity index is 1.84. The van der Waals surface area contributed by atoms with Crippen molar-refractivity contribution in [2.45, 2.75) is 51.3 Å². The molecule has 0 spiro atoms. The van der Waals surface area contributed by atoms with E-state index in [1.807, 2.05) is 24.9 Å². The zero-order chi connectivity index (χ0) is 26.5. The maximum absolute atomic E-state index is 13.8. The van der Waals surface area contributed by atoms with Crippen LogP contribution in [0.15, 0.2) is 29.0 Å². The number of likely N-dealkylation sites (N-methyl/N-ethyl adjacent to an activating group) is 1. The molecule has 36 heavy (non-hydrogen) atoms. The van der Waals surface area contributed by atoms with Gasteiger partial charge in [-0.25, -0.2) is 5.01 Å². The number of benzene rings is 1. The standard InChI is InChI=1S/C26H36N4O6/c1-5-28-30(6-2)12-13-7-8-18(31)20-15(13)9-14-10-17-21(29(3)4)22(32)16(25(27)35)11-26(17,36)24(34)19(14)23(20)33/h7-8,14,17,21,28,31-33,36H,5-6,9-12H2,1-4H3,(H2,27,35)/t14-,17-,21-,26-/m0/s1. The molecule has 0 aromatic heterocycles. The van der Waals surface area contributed by atoms with E-state index in [4.69, 9.17) is 5.73 Å².